The molecule has 2 bridgehead atoms. The summed E-state index contributed by atoms with van der Waals surface area (Å²) in [6.07, 6.45) is 2.25. The predicted octanol–water partition coefficient (Wildman–Crippen LogP) is 0.606. The van der Waals surface area contributed by atoms with Crippen LogP contribution in [0.15, 0.2) is 11.1 Å². The van der Waals surface area contributed by atoms with E-state index in [1.165, 1.54) is 0 Å². The number of carbonyl (C=O) groups excluding carboxylic acids is 2. The van der Waals surface area contributed by atoms with Crippen LogP contribution in [0.25, 0.3) is 0 Å². The number of ether oxygens (including phenoxy) is 2. The van der Waals surface area contributed by atoms with Crippen LogP contribution in [0.2, 0.25) is 0 Å². The first-order valence-corrected chi connectivity index (χ1v) is 5.85. The standard InChI is InChI=1S/C12H12O4/c13-9-5-2-1-3-6(5)10-8-7(11(9)16-10)4-15-12(8)14/h7-8,10-11H,1-4H2/t7-,8+,10-,11-/m0/s1. The van der Waals surface area contributed by atoms with E-state index in [4.69, 9.17) is 9.47 Å². The second-order valence-corrected chi connectivity index (χ2v) is 5.02. The van der Waals surface area contributed by atoms with Crippen molar-refractivity contribution in [2.24, 2.45) is 11.8 Å². The van der Waals surface area contributed by atoms with Crippen LogP contribution >= 0.6 is 0 Å². The molecule has 0 aromatic heterocycles. The fourth-order valence-electron chi connectivity index (χ4n) is 3.61. The van der Waals surface area contributed by atoms with Crippen molar-refractivity contribution in [3.05, 3.63) is 11.1 Å². The zero-order chi connectivity index (χ0) is 10.9. The molecule has 0 spiro atoms. The van der Waals surface area contributed by atoms with E-state index in [0.29, 0.717) is 6.61 Å². The van der Waals surface area contributed by atoms with Gasteiger partial charge in [0.25, 0.3) is 0 Å². The summed E-state index contributed by atoms with van der Waals surface area (Å²) in [6.45, 7) is 0.358. The zero-order valence-corrected chi connectivity index (χ0v) is 8.77. The number of fused-ring (bicyclic) bond motifs is 6. The quantitative estimate of drug-likeness (QED) is 0.561. The van der Waals surface area contributed by atoms with Crippen LogP contribution in [0.4, 0.5) is 0 Å². The summed E-state index contributed by atoms with van der Waals surface area (Å²) in [4.78, 5) is 23.8. The molecule has 84 valence electrons. The summed E-state index contributed by atoms with van der Waals surface area (Å²) < 4.78 is 10.8. The van der Waals surface area contributed by atoms with Crippen LogP contribution < -0.4 is 0 Å². The number of carbonyl (C=O) groups is 2. The zero-order valence-electron chi connectivity index (χ0n) is 8.77. The highest BCUT2D eigenvalue weighted by molar-refractivity contribution is 6.03. The second-order valence-electron chi connectivity index (χ2n) is 5.02. The van der Waals surface area contributed by atoms with Crippen LogP contribution in [0.5, 0.6) is 0 Å². The lowest BCUT2D eigenvalue weighted by molar-refractivity contribution is -0.146. The van der Waals surface area contributed by atoms with Gasteiger partial charge in [-0.1, -0.05) is 0 Å². The van der Waals surface area contributed by atoms with Crippen LogP contribution in [-0.2, 0) is 19.1 Å². The Labute approximate surface area is 92.6 Å². The number of rotatable bonds is 0. The van der Waals surface area contributed by atoms with Gasteiger partial charge in [-0.05, 0) is 30.4 Å². The van der Waals surface area contributed by atoms with Gasteiger partial charge >= 0.3 is 5.97 Å². The van der Waals surface area contributed by atoms with Crippen molar-refractivity contribution in [3.8, 4) is 0 Å². The van der Waals surface area contributed by atoms with E-state index in [0.717, 1.165) is 30.4 Å². The molecule has 1 aliphatic carbocycles. The van der Waals surface area contributed by atoms with Crippen molar-refractivity contribution < 1.29 is 19.1 Å². The fourth-order valence-corrected chi connectivity index (χ4v) is 3.61. The normalized spacial score (nSPS) is 44.8. The summed E-state index contributed by atoms with van der Waals surface area (Å²) in [6, 6.07) is 0. The maximum Gasteiger partial charge on any atom is 0.312 e. The van der Waals surface area contributed by atoms with E-state index in [1.807, 2.05) is 0 Å². The molecule has 0 amide bonds. The van der Waals surface area contributed by atoms with Crippen LogP contribution in [0.1, 0.15) is 19.3 Å². The van der Waals surface area contributed by atoms with Gasteiger partial charge in [-0.15, -0.1) is 0 Å². The molecule has 3 aliphatic heterocycles. The molecule has 4 rings (SSSR count). The topological polar surface area (TPSA) is 52.6 Å². The van der Waals surface area contributed by atoms with Crippen LogP contribution in [-0.4, -0.2) is 30.6 Å². The van der Waals surface area contributed by atoms with Gasteiger partial charge in [0.1, 0.15) is 6.10 Å². The number of ketones is 1. The second kappa shape index (κ2) is 2.74. The number of hydrogen-bond donors (Lipinski definition) is 0. The Hall–Kier alpha value is -1.16. The minimum absolute atomic E-state index is 0.0319. The van der Waals surface area contributed by atoms with Crippen molar-refractivity contribution in [2.45, 2.75) is 31.5 Å². The molecule has 0 unspecified atom stereocenters. The van der Waals surface area contributed by atoms with Crippen LogP contribution in [0.3, 0.4) is 0 Å². The first kappa shape index (κ1) is 8.93. The smallest absolute Gasteiger partial charge is 0.312 e. The Kier molecular flexibility index (Phi) is 1.53. The third kappa shape index (κ3) is 0.857. The van der Waals surface area contributed by atoms with E-state index in [-0.39, 0.29) is 29.7 Å². The minimum Gasteiger partial charge on any atom is -0.465 e. The van der Waals surface area contributed by atoms with E-state index >= 15 is 0 Å². The summed E-state index contributed by atoms with van der Waals surface area (Å²) in [5.41, 5.74) is 2.05. The molecule has 2 fully saturated rings. The Balaban J connectivity index is 1.85. The highest BCUT2D eigenvalue weighted by atomic mass is 16.6. The summed E-state index contributed by atoms with van der Waals surface area (Å²) in [5.74, 6) is -0.296. The average Bonchev–Trinajstić information content (AvgIpc) is 2.92. The van der Waals surface area contributed by atoms with Gasteiger partial charge in [-0.3, -0.25) is 9.59 Å². The largest absolute Gasteiger partial charge is 0.465 e. The van der Waals surface area contributed by atoms with Gasteiger partial charge in [0.05, 0.1) is 18.6 Å². The van der Waals surface area contributed by atoms with Gasteiger partial charge in [0.15, 0.2) is 5.78 Å². The highest BCUT2D eigenvalue weighted by Gasteiger charge is 2.60. The van der Waals surface area contributed by atoms with Crippen molar-refractivity contribution in [3.63, 3.8) is 0 Å². The van der Waals surface area contributed by atoms with Crippen molar-refractivity contribution in [2.75, 3.05) is 6.61 Å². The summed E-state index contributed by atoms with van der Waals surface area (Å²) in [5, 5.41) is 0. The molecule has 0 saturated carbocycles. The van der Waals surface area contributed by atoms with Gasteiger partial charge in [0.2, 0.25) is 0 Å². The molecular weight excluding hydrogens is 208 g/mol. The molecule has 16 heavy (non-hydrogen) atoms. The SMILES string of the molecule is O=C1OC[C@H]2[C@@H]1[C@H]1O[C@@H]2C(=O)C2=C1CCC2. The molecule has 0 aromatic carbocycles. The van der Waals surface area contributed by atoms with Gasteiger partial charge in [-0.25, -0.2) is 0 Å². The molecule has 4 atom stereocenters. The number of cyclic esters (lactones) is 1. The van der Waals surface area contributed by atoms with E-state index in [2.05, 4.69) is 0 Å². The molecule has 3 heterocycles. The lowest BCUT2D eigenvalue weighted by Gasteiger charge is -2.24. The highest BCUT2D eigenvalue weighted by Crippen LogP contribution is 2.50. The Morgan fingerprint density at radius 2 is 2.00 bits per heavy atom. The summed E-state index contributed by atoms with van der Waals surface area (Å²) in [7, 11) is 0. The third-order valence-electron chi connectivity index (χ3n) is 4.32. The molecule has 4 nitrogen and oxygen atoms in total. The van der Waals surface area contributed by atoms with E-state index in [1.54, 1.807) is 0 Å². The van der Waals surface area contributed by atoms with Crippen LogP contribution in [0, 0.1) is 11.8 Å². The maximum absolute atomic E-state index is 12.2. The minimum atomic E-state index is -0.404. The Morgan fingerprint density at radius 1 is 1.12 bits per heavy atom. The molecule has 0 radical (unpaired) electrons. The van der Waals surface area contributed by atoms with Gasteiger partial charge in [-0.2, -0.15) is 0 Å². The van der Waals surface area contributed by atoms with Crippen molar-refractivity contribution >= 4 is 11.8 Å². The molecule has 4 heteroatoms. The van der Waals surface area contributed by atoms with Gasteiger partial charge in [0, 0.05) is 5.92 Å². The molecule has 4 aliphatic rings. The van der Waals surface area contributed by atoms with E-state index < -0.39 is 6.10 Å². The maximum atomic E-state index is 12.2. The number of esters is 1. The molecule has 2 saturated heterocycles. The first-order valence-electron chi connectivity index (χ1n) is 5.85. The average molecular weight is 220 g/mol. The first-order chi connectivity index (χ1) is 7.77. The van der Waals surface area contributed by atoms with E-state index in [9.17, 15) is 9.59 Å². The molecule has 0 aromatic rings. The lowest BCUT2D eigenvalue weighted by atomic mass is 9.88. The number of Topliss-reactive ketones (excluding diaryl/α,β-unsaturated/α-hetero) is 1. The Morgan fingerprint density at radius 3 is 2.88 bits per heavy atom. The fraction of sp³-hybridized carbons (Fsp3) is 0.667. The van der Waals surface area contributed by atoms with Crippen molar-refractivity contribution in [1.29, 1.82) is 0 Å². The monoisotopic (exact) mass is 220 g/mol. The third-order valence-corrected chi connectivity index (χ3v) is 4.32. The Bertz CT molecular complexity index is 436. The molecule has 0 N–H and O–H groups in total. The lowest BCUT2D eigenvalue weighted by Crippen LogP contribution is -2.33. The summed E-state index contributed by atoms with van der Waals surface area (Å²) >= 11 is 0. The predicted molar refractivity (Wildman–Crippen MR) is 52.5 cm³/mol. The van der Waals surface area contributed by atoms with Gasteiger partial charge < -0.3 is 9.47 Å². The van der Waals surface area contributed by atoms with Crippen molar-refractivity contribution in [1.82, 2.24) is 0 Å². The number of hydrogen-bond acceptors (Lipinski definition) is 4. The molecular formula is C12H12O4.